The van der Waals surface area contributed by atoms with Crippen LogP contribution in [0.4, 0.5) is 19.0 Å². The Morgan fingerprint density at radius 3 is 2.42 bits per heavy atom. The summed E-state index contributed by atoms with van der Waals surface area (Å²) in [5, 5.41) is 3.82. The van der Waals surface area contributed by atoms with Crippen LogP contribution in [0.1, 0.15) is 6.92 Å². The molecular formula is C15H11ClF3N5. The van der Waals surface area contributed by atoms with Gasteiger partial charge in [-0.15, -0.1) is 0 Å². The molecule has 9 heteroatoms. The highest BCUT2D eigenvalue weighted by Crippen LogP contribution is 2.39. The minimum atomic E-state index is -1.10. The molecule has 0 N–H and O–H groups in total. The molecule has 3 aromatic rings. The zero-order valence-electron chi connectivity index (χ0n) is 12.7. The second kappa shape index (κ2) is 5.79. The van der Waals surface area contributed by atoms with Crippen LogP contribution in [0.15, 0.2) is 30.7 Å². The summed E-state index contributed by atoms with van der Waals surface area (Å²) < 4.78 is 43.1. The molecule has 0 aliphatic carbocycles. The molecule has 124 valence electrons. The zero-order valence-corrected chi connectivity index (χ0v) is 13.4. The molecular weight excluding hydrogens is 343 g/mol. The third-order valence-corrected chi connectivity index (χ3v) is 3.78. The summed E-state index contributed by atoms with van der Waals surface area (Å²) in [5.74, 6) is -2.89. The minimum absolute atomic E-state index is 0.0739. The molecule has 0 amide bonds. The summed E-state index contributed by atoms with van der Waals surface area (Å²) in [5.41, 5.74) is -0.0252. The molecule has 24 heavy (non-hydrogen) atoms. The van der Waals surface area contributed by atoms with E-state index in [1.54, 1.807) is 14.0 Å². The zero-order chi connectivity index (χ0) is 17.6. The Kier molecular flexibility index (Phi) is 3.92. The van der Waals surface area contributed by atoms with Crippen LogP contribution >= 0.6 is 11.6 Å². The molecule has 5 nitrogen and oxygen atoms in total. The molecule has 0 radical (unpaired) electrons. The number of allylic oxidation sites excluding steroid dienone is 1. The predicted molar refractivity (Wildman–Crippen MR) is 84.3 cm³/mol. The van der Waals surface area contributed by atoms with Crippen molar-refractivity contribution in [2.75, 3.05) is 11.9 Å². The molecule has 1 aromatic carbocycles. The largest absolute Gasteiger partial charge is 0.333 e. The first kappa shape index (κ1) is 16.3. The van der Waals surface area contributed by atoms with Crippen LogP contribution in [-0.2, 0) is 0 Å². The smallest absolute Gasteiger partial charge is 0.255 e. The van der Waals surface area contributed by atoms with Crippen molar-refractivity contribution in [1.29, 1.82) is 0 Å². The fourth-order valence-electron chi connectivity index (χ4n) is 2.29. The topological polar surface area (TPSA) is 46.3 Å². The molecule has 0 saturated carbocycles. The quantitative estimate of drug-likeness (QED) is 0.671. The van der Waals surface area contributed by atoms with Gasteiger partial charge in [-0.3, -0.25) is 0 Å². The maximum Gasteiger partial charge on any atom is 0.255 e. The van der Waals surface area contributed by atoms with Crippen molar-refractivity contribution in [3.05, 3.63) is 53.3 Å². The van der Waals surface area contributed by atoms with Crippen LogP contribution in [0, 0.1) is 17.5 Å². The van der Waals surface area contributed by atoms with E-state index in [0.717, 1.165) is 0 Å². The van der Waals surface area contributed by atoms with Gasteiger partial charge in [0.25, 0.3) is 5.78 Å². The number of benzene rings is 1. The van der Waals surface area contributed by atoms with Gasteiger partial charge in [0.2, 0.25) is 0 Å². The SMILES string of the molecule is C=C(C)N(C)c1c(-c2c(F)cc(F)cc2F)c(Cl)nc2ncnn12. The van der Waals surface area contributed by atoms with E-state index in [-0.39, 0.29) is 22.3 Å². The molecule has 0 atom stereocenters. The van der Waals surface area contributed by atoms with Crippen LogP contribution in [0.2, 0.25) is 5.15 Å². The average Bonchev–Trinajstić information content (AvgIpc) is 2.93. The van der Waals surface area contributed by atoms with Crippen LogP contribution in [0.5, 0.6) is 0 Å². The highest BCUT2D eigenvalue weighted by molar-refractivity contribution is 6.33. The summed E-state index contributed by atoms with van der Waals surface area (Å²) in [4.78, 5) is 9.45. The van der Waals surface area contributed by atoms with E-state index in [4.69, 9.17) is 11.6 Å². The van der Waals surface area contributed by atoms with Crippen molar-refractivity contribution in [2.24, 2.45) is 0 Å². The summed E-state index contributed by atoms with van der Waals surface area (Å²) in [6.45, 7) is 5.49. The van der Waals surface area contributed by atoms with Gasteiger partial charge in [0.05, 0.1) is 11.1 Å². The van der Waals surface area contributed by atoms with Gasteiger partial charge in [-0.25, -0.2) is 13.2 Å². The molecule has 0 unspecified atom stereocenters. The Labute approximate surface area is 140 Å². The molecule has 3 rings (SSSR count). The number of rotatable bonds is 3. The van der Waals surface area contributed by atoms with E-state index in [1.165, 1.54) is 15.7 Å². The first-order chi connectivity index (χ1) is 11.3. The van der Waals surface area contributed by atoms with Gasteiger partial charge >= 0.3 is 0 Å². The lowest BCUT2D eigenvalue weighted by Crippen LogP contribution is -2.19. The number of fused-ring (bicyclic) bond motifs is 1. The van der Waals surface area contributed by atoms with Crippen molar-refractivity contribution in [2.45, 2.75) is 6.92 Å². The van der Waals surface area contributed by atoms with Gasteiger partial charge in [-0.1, -0.05) is 18.2 Å². The number of anilines is 1. The van der Waals surface area contributed by atoms with Crippen molar-refractivity contribution in [3.63, 3.8) is 0 Å². The van der Waals surface area contributed by atoms with Crippen LogP contribution < -0.4 is 4.90 Å². The number of aromatic nitrogens is 4. The Balaban J connectivity index is 2.46. The van der Waals surface area contributed by atoms with Gasteiger partial charge in [0.1, 0.15) is 34.7 Å². The standard InChI is InChI=1S/C15H11ClF3N5/c1-7(2)23(3)14-12(11-9(18)4-8(17)5-10(11)19)13(16)22-15-20-6-21-24(14)15/h4-6H,1H2,2-3H3. The lowest BCUT2D eigenvalue weighted by Gasteiger charge is -2.23. The Hall–Kier alpha value is -2.61. The lowest BCUT2D eigenvalue weighted by atomic mass is 10.1. The molecule has 2 aromatic heterocycles. The van der Waals surface area contributed by atoms with E-state index in [2.05, 4.69) is 21.6 Å². The number of hydrogen-bond acceptors (Lipinski definition) is 4. The first-order valence-corrected chi connectivity index (χ1v) is 7.12. The summed E-state index contributed by atoms with van der Waals surface area (Å²) in [6, 6.07) is 1.15. The van der Waals surface area contributed by atoms with Gasteiger partial charge in [0, 0.05) is 24.9 Å². The fourth-order valence-corrected chi connectivity index (χ4v) is 2.54. The molecule has 0 spiro atoms. The van der Waals surface area contributed by atoms with Crippen molar-refractivity contribution >= 4 is 23.2 Å². The number of hydrogen-bond donors (Lipinski definition) is 0. The first-order valence-electron chi connectivity index (χ1n) is 6.74. The van der Waals surface area contributed by atoms with Gasteiger partial charge in [-0.05, 0) is 6.92 Å². The Morgan fingerprint density at radius 2 is 1.83 bits per heavy atom. The molecule has 2 heterocycles. The van der Waals surface area contributed by atoms with Gasteiger partial charge < -0.3 is 4.90 Å². The minimum Gasteiger partial charge on any atom is -0.333 e. The Morgan fingerprint density at radius 1 is 1.21 bits per heavy atom. The van der Waals surface area contributed by atoms with E-state index in [9.17, 15) is 13.2 Å². The highest BCUT2D eigenvalue weighted by atomic mass is 35.5. The second-order valence-electron chi connectivity index (χ2n) is 5.11. The molecule has 0 fully saturated rings. The van der Waals surface area contributed by atoms with Crippen LogP contribution in [0.25, 0.3) is 16.9 Å². The highest BCUT2D eigenvalue weighted by Gasteiger charge is 2.26. The summed E-state index contributed by atoms with van der Waals surface area (Å²) in [7, 11) is 1.62. The van der Waals surface area contributed by atoms with E-state index < -0.39 is 23.0 Å². The molecule has 0 bridgehead atoms. The number of halogens is 4. The molecule has 0 aliphatic rings. The van der Waals surface area contributed by atoms with Crippen molar-refractivity contribution in [1.82, 2.24) is 19.6 Å². The van der Waals surface area contributed by atoms with Gasteiger partial charge in [0.15, 0.2) is 0 Å². The van der Waals surface area contributed by atoms with Crippen LogP contribution in [-0.4, -0.2) is 26.6 Å². The summed E-state index contributed by atoms with van der Waals surface area (Å²) >= 11 is 6.16. The van der Waals surface area contributed by atoms with Gasteiger partial charge in [-0.2, -0.15) is 19.6 Å². The summed E-state index contributed by atoms with van der Waals surface area (Å²) in [6.07, 6.45) is 1.23. The normalized spacial score (nSPS) is 11.1. The molecule has 0 aliphatic heterocycles. The van der Waals surface area contributed by atoms with E-state index in [0.29, 0.717) is 17.8 Å². The third-order valence-electron chi connectivity index (χ3n) is 3.51. The van der Waals surface area contributed by atoms with E-state index in [1.807, 2.05) is 0 Å². The monoisotopic (exact) mass is 353 g/mol. The van der Waals surface area contributed by atoms with Crippen molar-refractivity contribution < 1.29 is 13.2 Å². The maximum absolute atomic E-state index is 14.3. The third kappa shape index (κ3) is 2.48. The average molecular weight is 354 g/mol. The lowest BCUT2D eigenvalue weighted by molar-refractivity contribution is 0.548. The Bertz CT molecular complexity index is 946. The second-order valence-corrected chi connectivity index (χ2v) is 5.47. The number of nitrogens with zero attached hydrogens (tertiary/aromatic N) is 5. The van der Waals surface area contributed by atoms with E-state index >= 15 is 0 Å². The fraction of sp³-hybridized carbons (Fsp3) is 0.133. The maximum atomic E-state index is 14.3. The van der Waals surface area contributed by atoms with Crippen molar-refractivity contribution in [3.8, 4) is 11.1 Å². The predicted octanol–water partition coefficient (Wildman–Crippen LogP) is 3.83. The van der Waals surface area contributed by atoms with Crippen LogP contribution in [0.3, 0.4) is 0 Å². The molecule has 0 saturated heterocycles.